The zero-order chi connectivity index (χ0) is 26.9. The number of ether oxygens (including phenoxy) is 2. The zero-order valence-corrected chi connectivity index (χ0v) is 21.7. The van der Waals surface area contributed by atoms with Crippen molar-refractivity contribution in [1.82, 2.24) is 4.98 Å². The second kappa shape index (κ2) is 10.4. The smallest absolute Gasteiger partial charge is 0.350 e. The number of carbonyl (C=O) groups is 3. The van der Waals surface area contributed by atoms with E-state index in [9.17, 15) is 19.5 Å². The lowest BCUT2D eigenvalue weighted by Crippen LogP contribution is -2.29. The van der Waals surface area contributed by atoms with Gasteiger partial charge in [0.05, 0.1) is 24.4 Å². The molecule has 0 aliphatic carbocycles. The minimum Gasteiger partial charge on any atom is -0.507 e. The quantitative estimate of drug-likeness (QED) is 0.153. The molecule has 1 saturated heterocycles. The lowest BCUT2D eigenvalue weighted by Gasteiger charge is -2.23. The van der Waals surface area contributed by atoms with Crippen LogP contribution in [0.2, 0.25) is 0 Å². The number of Topliss-reactive ketones (excluding diaryl/α,β-unsaturated/α-hetero) is 1. The number of benzene rings is 2. The van der Waals surface area contributed by atoms with Crippen molar-refractivity contribution in [2.45, 2.75) is 26.8 Å². The van der Waals surface area contributed by atoms with Gasteiger partial charge in [-0.15, -0.1) is 0 Å². The maximum atomic E-state index is 13.4. The number of nitrogens with zero attached hydrogens (tertiary/aromatic N) is 2. The number of aliphatic hydroxyl groups is 1. The molecule has 0 spiro atoms. The van der Waals surface area contributed by atoms with E-state index in [0.717, 1.165) is 16.9 Å². The van der Waals surface area contributed by atoms with Crippen LogP contribution in [0.1, 0.15) is 43.7 Å². The van der Waals surface area contributed by atoms with Gasteiger partial charge in [0.2, 0.25) is 0 Å². The van der Waals surface area contributed by atoms with Crippen LogP contribution in [0.3, 0.4) is 0 Å². The van der Waals surface area contributed by atoms with E-state index in [-0.39, 0.29) is 27.9 Å². The average molecular weight is 519 g/mol. The van der Waals surface area contributed by atoms with E-state index in [1.807, 2.05) is 19.1 Å². The molecule has 3 aromatic rings. The lowest BCUT2D eigenvalue weighted by molar-refractivity contribution is -0.132. The van der Waals surface area contributed by atoms with Gasteiger partial charge < -0.3 is 14.6 Å². The van der Waals surface area contributed by atoms with Crippen molar-refractivity contribution in [1.29, 1.82) is 0 Å². The Labute approximate surface area is 218 Å². The summed E-state index contributed by atoms with van der Waals surface area (Å²) in [4.78, 5) is 45.2. The summed E-state index contributed by atoms with van der Waals surface area (Å²) in [6.07, 6.45) is 1.45. The summed E-state index contributed by atoms with van der Waals surface area (Å²) in [7, 11) is 1.54. The largest absolute Gasteiger partial charge is 0.507 e. The minimum absolute atomic E-state index is 0.0284. The van der Waals surface area contributed by atoms with Gasteiger partial charge in [-0.1, -0.05) is 53.8 Å². The van der Waals surface area contributed by atoms with E-state index in [1.54, 1.807) is 44.2 Å². The first-order chi connectivity index (χ1) is 17.7. The molecule has 1 aliphatic heterocycles. The van der Waals surface area contributed by atoms with Gasteiger partial charge in [0.1, 0.15) is 23.0 Å². The van der Waals surface area contributed by atoms with Gasteiger partial charge in [-0.25, -0.2) is 9.78 Å². The Balaban J connectivity index is 1.89. The highest BCUT2D eigenvalue weighted by Crippen LogP contribution is 2.44. The Kier molecular flexibility index (Phi) is 7.26. The summed E-state index contributed by atoms with van der Waals surface area (Å²) in [5.74, 6) is -2.00. The molecule has 4 rings (SSSR count). The van der Waals surface area contributed by atoms with E-state index in [0.29, 0.717) is 28.1 Å². The highest BCUT2D eigenvalue weighted by atomic mass is 32.1. The Morgan fingerprint density at radius 1 is 1.16 bits per heavy atom. The minimum atomic E-state index is -0.954. The van der Waals surface area contributed by atoms with Crippen molar-refractivity contribution in [3.05, 3.63) is 93.5 Å². The monoisotopic (exact) mass is 518 g/mol. The summed E-state index contributed by atoms with van der Waals surface area (Å²) in [5, 5.41) is 11.5. The van der Waals surface area contributed by atoms with Crippen LogP contribution in [0.5, 0.6) is 5.75 Å². The molecule has 1 fully saturated rings. The normalized spacial score (nSPS) is 16.6. The van der Waals surface area contributed by atoms with Crippen molar-refractivity contribution < 1.29 is 29.0 Å². The standard InChI is InChI=1S/C28H26N2O6S/c1-6-13-36-27(34)25-17(4)29-28(37-25)30-22(18-9-7-15(2)8-10-18)21(24(32)26(30)33)23(31)20-12-11-19(35-5)14-16(20)3/h6-12,14,22,31H,1,13H2,2-5H3/t22-/m1/s1. The lowest BCUT2D eigenvalue weighted by atomic mass is 9.93. The van der Waals surface area contributed by atoms with Crippen molar-refractivity contribution in [2.24, 2.45) is 0 Å². The Hall–Kier alpha value is -4.24. The molecule has 2 aromatic carbocycles. The van der Waals surface area contributed by atoms with Crippen LogP contribution in [0.15, 0.2) is 60.7 Å². The predicted octanol–water partition coefficient (Wildman–Crippen LogP) is 5.05. The van der Waals surface area contributed by atoms with Crippen molar-refractivity contribution >= 4 is 39.9 Å². The van der Waals surface area contributed by atoms with Crippen molar-refractivity contribution in [3.63, 3.8) is 0 Å². The summed E-state index contributed by atoms with van der Waals surface area (Å²) < 4.78 is 10.4. The number of thiazole rings is 1. The summed E-state index contributed by atoms with van der Waals surface area (Å²) in [5.41, 5.74) is 2.98. The topological polar surface area (TPSA) is 106 Å². The van der Waals surface area contributed by atoms with Gasteiger partial charge in [-0.2, -0.15) is 0 Å². The van der Waals surface area contributed by atoms with E-state index in [2.05, 4.69) is 11.6 Å². The van der Waals surface area contributed by atoms with Crippen molar-refractivity contribution in [2.75, 3.05) is 18.6 Å². The molecule has 2 heterocycles. The Morgan fingerprint density at radius 2 is 1.86 bits per heavy atom. The summed E-state index contributed by atoms with van der Waals surface area (Å²) >= 11 is 0.952. The third kappa shape index (κ3) is 4.77. The number of hydrogen-bond donors (Lipinski definition) is 1. The maximum absolute atomic E-state index is 13.4. The van der Waals surface area contributed by atoms with Crippen LogP contribution in [0.4, 0.5) is 5.13 Å². The van der Waals surface area contributed by atoms with Gasteiger partial charge in [0.15, 0.2) is 5.13 Å². The molecule has 0 unspecified atom stereocenters. The fraction of sp³-hybridized carbons (Fsp3) is 0.214. The first-order valence-electron chi connectivity index (χ1n) is 11.5. The van der Waals surface area contributed by atoms with Crippen LogP contribution in [-0.4, -0.2) is 41.5 Å². The van der Waals surface area contributed by atoms with Gasteiger partial charge in [-0.05, 0) is 50.1 Å². The molecular formula is C28H26N2O6S. The number of esters is 1. The van der Waals surface area contributed by atoms with Crippen LogP contribution >= 0.6 is 11.3 Å². The SMILES string of the molecule is C=CCOC(=O)c1sc(N2C(=O)C(=O)C(=C(O)c3ccc(OC)cc3C)[C@H]2c2ccc(C)cc2)nc1C. The number of rotatable bonds is 7. The zero-order valence-electron chi connectivity index (χ0n) is 20.9. The molecule has 0 bridgehead atoms. The Bertz CT molecular complexity index is 1440. The van der Waals surface area contributed by atoms with E-state index in [4.69, 9.17) is 9.47 Å². The first kappa shape index (κ1) is 25.8. The Morgan fingerprint density at radius 3 is 2.49 bits per heavy atom. The second-order valence-corrected chi connectivity index (χ2v) is 9.54. The third-order valence-corrected chi connectivity index (χ3v) is 7.17. The number of methoxy groups -OCH3 is 1. The van der Waals surface area contributed by atoms with Crippen LogP contribution in [-0.2, 0) is 14.3 Å². The van der Waals surface area contributed by atoms with Crippen LogP contribution in [0.25, 0.3) is 5.76 Å². The molecule has 0 radical (unpaired) electrons. The summed E-state index contributed by atoms with van der Waals surface area (Å²) in [6, 6.07) is 11.4. The number of anilines is 1. The van der Waals surface area contributed by atoms with Gasteiger partial charge >= 0.3 is 11.9 Å². The number of hydrogen-bond acceptors (Lipinski definition) is 8. The number of carbonyl (C=O) groups excluding carboxylic acids is 3. The number of amides is 1. The predicted molar refractivity (Wildman–Crippen MR) is 141 cm³/mol. The van der Waals surface area contributed by atoms with Gasteiger partial charge in [-0.3, -0.25) is 14.5 Å². The van der Waals surface area contributed by atoms with Crippen molar-refractivity contribution in [3.8, 4) is 5.75 Å². The van der Waals surface area contributed by atoms with Crippen LogP contribution < -0.4 is 9.64 Å². The molecule has 8 nitrogen and oxygen atoms in total. The molecule has 1 atom stereocenters. The van der Waals surface area contributed by atoms with E-state index in [1.165, 1.54) is 18.1 Å². The molecule has 1 N–H and O–H groups in total. The number of aryl methyl sites for hydroxylation is 3. The average Bonchev–Trinajstić information content (AvgIpc) is 3.39. The second-order valence-electron chi connectivity index (χ2n) is 8.56. The molecule has 1 amide bonds. The molecule has 0 saturated carbocycles. The molecular weight excluding hydrogens is 492 g/mol. The van der Waals surface area contributed by atoms with Crippen LogP contribution in [0, 0.1) is 20.8 Å². The highest BCUT2D eigenvalue weighted by molar-refractivity contribution is 7.17. The third-order valence-electron chi connectivity index (χ3n) is 6.04. The molecule has 9 heteroatoms. The molecule has 1 aliphatic rings. The van der Waals surface area contributed by atoms with Gasteiger partial charge in [0.25, 0.3) is 5.78 Å². The maximum Gasteiger partial charge on any atom is 0.350 e. The van der Waals surface area contributed by atoms with E-state index < -0.39 is 23.7 Å². The fourth-order valence-electron chi connectivity index (χ4n) is 4.14. The first-order valence-corrected chi connectivity index (χ1v) is 12.3. The number of aromatic nitrogens is 1. The highest BCUT2D eigenvalue weighted by Gasteiger charge is 2.48. The number of aliphatic hydroxyl groups excluding tert-OH is 1. The molecule has 1 aromatic heterocycles. The molecule has 190 valence electrons. The number of ketones is 1. The van der Waals surface area contributed by atoms with E-state index >= 15 is 0 Å². The van der Waals surface area contributed by atoms with Gasteiger partial charge in [0, 0.05) is 5.56 Å². The molecule has 37 heavy (non-hydrogen) atoms. The fourth-order valence-corrected chi connectivity index (χ4v) is 5.13. The summed E-state index contributed by atoms with van der Waals surface area (Å²) in [6.45, 7) is 8.89.